The quantitative estimate of drug-likeness (QED) is 0.582. The molecule has 0 spiro atoms. The smallest absolute Gasteiger partial charge is 0.340 e. The lowest BCUT2D eigenvalue weighted by molar-refractivity contribution is -0.309. The molecule has 0 atom stereocenters. The molecule has 0 saturated carbocycles. The van der Waals surface area contributed by atoms with Crippen LogP contribution in [0.2, 0.25) is 0 Å². The summed E-state index contributed by atoms with van der Waals surface area (Å²) in [5.41, 5.74) is -2.01. The van der Waals surface area contributed by atoms with E-state index in [4.69, 9.17) is 9.57 Å². The van der Waals surface area contributed by atoms with Crippen LogP contribution in [0.4, 0.5) is 0 Å². The summed E-state index contributed by atoms with van der Waals surface area (Å²) in [6.07, 6.45) is 0. The van der Waals surface area contributed by atoms with E-state index in [9.17, 15) is 4.79 Å². The van der Waals surface area contributed by atoms with E-state index in [1.165, 1.54) is 0 Å². The Morgan fingerprint density at radius 2 is 1.10 bits per heavy atom. The Balaban J connectivity index is 5.18. The first-order valence-corrected chi connectivity index (χ1v) is 7.20. The molecule has 0 aromatic carbocycles. The van der Waals surface area contributed by atoms with Gasteiger partial charge < -0.3 is 4.74 Å². The minimum Gasteiger partial charge on any atom is -0.458 e. The molecule has 0 rings (SSSR count). The average Bonchev–Trinajstić information content (AvgIpc) is 2.07. The van der Waals surface area contributed by atoms with E-state index in [0.29, 0.717) is 0 Å². The fourth-order valence-electron chi connectivity index (χ4n) is 1.95. The van der Waals surface area contributed by atoms with Gasteiger partial charge in [0.1, 0.15) is 5.60 Å². The zero-order chi connectivity index (χ0) is 16.6. The van der Waals surface area contributed by atoms with Crippen molar-refractivity contribution in [1.29, 1.82) is 0 Å². The van der Waals surface area contributed by atoms with Gasteiger partial charge in [0.05, 0.1) is 0 Å². The van der Waals surface area contributed by atoms with Gasteiger partial charge in [0, 0.05) is 11.1 Å². The molecular formula is C16H33NO3. The van der Waals surface area contributed by atoms with Crippen LogP contribution in [0.1, 0.15) is 76.2 Å². The molecule has 0 amide bonds. The molecule has 0 saturated heterocycles. The molecule has 4 heteroatoms. The number of esters is 1. The molecule has 0 fully saturated rings. The third-order valence-electron chi connectivity index (χ3n) is 2.43. The number of carbonyl (C=O) groups is 1. The highest BCUT2D eigenvalue weighted by Gasteiger charge is 2.42. The summed E-state index contributed by atoms with van der Waals surface area (Å²) >= 11 is 0. The third kappa shape index (κ3) is 6.23. The van der Waals surface area contributed by atoms with Crippen LogP contribution in [0.25, 0.3) is 0 Å². The summed E-state index contributed by atoms with van der Waals surface area (Å²) in [7, 11) is 0. The number of ether oxygens (including phenoxy) is 1. The van der Waals surface area contributed by atoms with Crippen molar-refractivity contribution < 1.29 is 14.4 Å². The van der Waals surface area contributed by atoms with Crippen LogP contribution in [0.3, 0.4) is 0 Å². The van der Waals surface area contributed by atoms with Crippen molar-refractivity contribution >= 4 is 5.97 Å². The summed E-state index contributed by atoms with van der Waals surface area (Å²) in [5, 5.41) is 1.86. The van der Waals surface area contributed by atoms with Gasteiger partial charge in [-0.1, -0.05) is 0 Å². The lowest BCUT2D eigenvalue weighted by Crippen LogP contribution is -2.57. The Bertz CT molecular complexity index is 326. The second-order valence-electron chi connectivity index (χ2n) is 8.74. The van der Waals surface area contributed by atoms with Crippen molar-refractivity contribution in [2.75, 3.05) is 0 Å². The topological polar surface area (TPSA) is 38.8 Å². The Morgan fingerprint density at radius 3 is 1.35 bits per heavy atom. The Hall–Kier alpha value is -0.610. The molecule has 0 unspecified atom stereocenters. The normalized spacial score (nSPS) is 14.6. The van der Waals surface area contributed by atoms with Crippen molar-refractivity contribution in [2.24, 2.45) is 0 Å². The first kappa shape index (κ1) is 19.4. The molecule has 0 N–H and O–H groups in total. The highest BCUT2D eigenvalue weighted by atomic mass is 16.7. The predicted octanol–water partition coefficient (Wildman–Crippen LogP) is 3.94. The number of nitrogens with zero attached hydrogens (tertiary/aromatic N) is 1. The zero-order valence-electron chi connectivity index (χ0n) is 15.2. The first-order chi connectivity index (χ1) is 8.47. The molecule has 0 bridgehead atoms. The zero-order valence-corrected chi connectivity index (χ0v) is 15.2. The molecule has 0 aromatic heterocycles. The van der Waals surface area contributed by atoms with Gasteiger partial charge in [-0.2, -0.15) is 5.06 Å². The minimum atomic E-state index is -1.03. The molecule has 120 valence electrons. The summed E-state index contributed by atoms with van der Waals surface area (Å²) < 4.78 is 5.44. The van der Waals surface area contributed by atoms with Crippen LogP contribution in [0.15, 0.2) is 0 Å². The second kappa shape index (κ2) is 5.64. The van der Waals surface area contributed by atoms with Crippen molar-refractivity contribution in [3.8, 4) is 0 Å². The SMILES string of the molecule is CC(C)(C)OC(=O)C(C)(C)ON(C(C)(C)C)C(C)(C)C. The van der Waals surface area contributed by atoms with E-state index in [0.717, 1.165) is 0 Å². The van der Waals surface area contributed by atoms with Crippen LogP contribution in [0, 0.1) is 0 Å². The van der Waals surface area contributed by atoms with E-state index in [1.807, 2.05) is 25.8 Å². The van der Waals surface area contributed by atoms with Gasteiger partial charge in [0.25, 0.3) is 0 Å². The number of hydrogen-bond acceptors (Lipinski definition) is 4. The van der Waals surface area contributed by atoms with Gasteiger partial charge in [0.15, 0.2) is 5.60 Å². The maximum atomic E-state index is 12.3. The van der Waals surface area contributed by atoms with Gasteiger partial charge >= 0.3 is 5.97 Å². The average molecular weight is 287 g/mol. The van der Waals surface area contributed by atoms with Crippen LogP contribution in [-0.4, -0.2) is 33.3 Å². The fraction of sp³-hybridized carbons (Fsp3) is 0.938. The van der Waals surface area contributed by atoms with E-state index in [-0.39, 0.29) is 17.0 Å². The summed E-state index contributed by atoms with van der Waals surface area (Å²) in [6, 6.07) is 0. The summed E-state index contributed by atoms with van der Waals surface area (Å²) in [6.45, 7) is 21.4. The first-order valence-electron chi connectivity index (χ1n) is 7.20. The largest absolute Gasteiger partial charge is 0.458 e. The van der Waals surface area contributed by atoms with Gasteiger partial charge in [-0.3, -0.25) is 4.84 Å². The Morgan fingerprint density at radius 1 is 0.750 bits per heavy atom. The predicted molar refractivity (Wildman–Crippen MR) is 82.4 cm³/mol. The van der Waals surface area contributed by atoms with E-state index >= 15 is 0 Å². The summed E-state index contributed by atoms with van der Waals surface area (Å²) in [5.74, 6) is -0.358. The fourth-order valence-corrected chi connectivity index (χ4v) is 1.95. The van der Waals surface area contributed by atoms with Crippen molar-refractivity contribution in [1.82, 2.24) is 5.06 Å². The highest BCUT2D eigenvalue weighted by Crippen LogP contribution is 2.30. The molecule has 0 radical (unpaired) electrons. The van der Waals surface area contributed by atoms with Crippen LogP contribution in [0.5, 0.6) is 0 Å². The maximum Gasteiger partial charge on any atom is 0.340 e. The van der Waals surface area contributed by atoms with Crippen LogP contribution >= 0.6 is 0 Å². The maximum absolute atomic E-state index is 12.3. The van der Waals surface area contributed by atoms with Crippen molar-refractivity contribution in [3.63, 3.8) is 0 Å². The monoisotopic (exact) mass is 287 g/mol. The van der Waals surface area contributed by atoms with Crippen molar-refractivity contribution in [3.05, 3.63) is 0 Å². The van der Waals surface area contributed by atoms with Crippen LogP contribution in [-0.2, 0) is 14.4 Å². The molecular weight excluding hydrogens is 254 g/mol. The minimum absolute atomic E-state index is 0.225. The molecule has 0 aliphatic heterocycles. The molecule has 0 aromatic rings. The van der Waals surface area contributed by atoms with Gasteiger partial charge in [-0.25, -0.2) is 4.79 Å². The Kier molecular flexibility index (Phi) is 5.47. The Labute approximate surface area is 124 Å². The lowest BCUT2D eigenvalue weighted by atomic mass is 9.99. The molecule has 0 aliphatic rings. The van der Waals surface area contributed by atoms with Gasteiger partial charge in [0.2, 0.25) is 0 Å². The third-order valence-corrected chi connectivity index (χ3v) is 2.43. The second-order valence-corrected chi connectivity index (χ2v) is 8.74. The van der Waals surface area contributed by atoms with E-state index < -0.39 is 11.2 Å². The number of rotatable bonds is 3. The number of hydrogen-bond donors (Lipinski definition) is 0. The molecule has 4 nitrogen and oxygen atoms in total. The van der Waals surface area contributed by atoms with Crippen LogP contribution < -0.4 is 0 Å². The van der Waals surface area contributed by atoms with E-state index in [1.54, 1.807) is 13.8 Å². The van der Waals surface area contributed by atoms with Gasteiger partial charge in [-0.15, -0.1) is 0 Å². The van der Waals surface area contributed by atoms with Gasteiger partial charge in [-0.05, 0) is 76.2 Å². The number of carbonyl (C=O) groups excluding carboxylic acids is 1. The number of hydroxylamine groups is 2. The lowest BCUT2D eigenvalue weighted by Gasteiger charge is -2.47. The summed E-state index contributed by atoms with van der Waals surface area (Å²) in [4.78, 5) is 18.3. The molecule has 0 aliphatic carbocycles. The van der Waals surface area contributed by atoms with Crippen molar-refractivity contribution in [2.45, 2.75) is 98.4 Å². The molecule has 20 heavy (non-hydrogen) atoms. The van der Waals surface area contributed by atoms with E-state index in [2.05, 4.69) is 41.5 Å². The molecule has 0 heterocycles. The standard InChI is InChI=1S/C16H33NO3/c1-13(2,3)17(14(4,5)6)20-16(10,11)12(18)19-15(7,8)9/h1-11H3. The highest BCUT2D eigenvalue weighted by molar-refractivity contribution is 5.78.